The second kappa shape index (κ2) is 5.48. The fourth-order valence-corrected chi connectivity index (χ4v) is 3.96. The van der Waals surface area contributed by atoms with Crippen LogP contribution in [-0.2, 0) is 5.28 Å². The van der Waals surface area contributed by atoms with Gasteiger partial charge in [-0.3, -0.25) is 0 Å². The van der Waals surface area contributed by atoms with Crippen molar-refractivity contribution in [3.05, 3.63) is 35.4 Å². The zero-order chi connectivity index (χ0) is 9.68. The highest BCUT2D eigenvalue weighted by Gasteiger charge is 2.12. The Morgan fingerprint density at radius 3 is 2.23 bits per heavy atom. The second-order valence-corrected chi connectivity index (χ2v) is 7.59. The van der Waals surface area contributed by atoms with E-state index in [0.717, 1.165) is 0 Å². The van der Waals surface area contributed by atoms with Gasteiger partial charge in [-0.25, -0.2) is 0 Å². The first-order chi connectivity index (χ1) is 6.27. The lowest BCUT2D eigenvalue weighted by Gasteiger charge is -2.09. The van der Waals surface area contributed by atoms with E-state index >= 15 is 0 Å². The first-order valence-corrected chi connectivity index (χ1v) is 7.77. The molecule has 1 aromatic rings. The summed E-state index contributed by atoms with van der Waals surface area (Å²) in [7, 11) is 0. The first kappa shape index (κ1) is 10.8. The third-order valence-electron chi connectivity index (χ3n) is 2.92. The SMILES string of the molecule is C[CH2][Al]([CH2]C)[CH2]c1ccccc1C. The topological polar surface area (TPSA) is 0 Å². The molecule has 0 atom stereocenters. The van der Waals surface area contributed by atoms with Gasteiger partial charge < -0.3 is 0 Å². The number of hydrogen-bond donors (Lipinski definition) is 0. The Balaban J connectivity index is 2.67. The van der Waals surface area contributed by atoms with Crippen molar-refractivity contribution < 1.29 is 0 Å². The van der Waals surface area contributed by atoms with E-state index in [9.17, 15) is 0 Å². The van der Waals surface area contributed by atoms with Crippen LogP contribution in [0.1, 0.15) is 25.0 Å². The summed E-state index contributed by atoms with van der Waals surface area (Å²) in [5.74, 6) is 0. The Morgan fingerprint density at radius 2 is 1.69 bits per heavy atom. The quantitative estimate of drug-likeness (QED) is 0.636. The molecule has 0 amide bonds. The van der Waals surface area contributed by atoms with Crippen molar-refractivity contribution in [2.45, 2.75) is 36.6 Å². The maximum atomic E-state index is 2.35. The van der Waals surface area contributed by atoms with Crippen molar-refractivity contribution in [3.8, 4) is 0 Å². The highest BCUT2D eigenvalue weighted by atomic mass is 27.2. The molecule has 0 aliphatic rings. The lowest BCUT2D eigenvalue weighted by Crippen LogP contribution is -2.14. The molecule has 0 saturated carbocycles. The molecule has 0 nitrogen and oxygen atoms in total. The van der Waals surface area contributed by atoms with Crippen LogP contribution in [0.3, 0.4) is 0 Å². The minimum Gasteiger partial charge on any atom is -0.0965 e. The molecule has 0 heterocycles. The van der Waals surface area contributed by atoms with Crippen LogP contribution in [0.5, 0.6) is 0 Å². The van der Waals surface area contributed by atoms with Crippen molar-refractivity contribution in [1.29, 1.82) is 0 Å². The Morgan fingerprint density at radius 1 is 1.08 bits per heavy atom. The molecule has 0 aromatic heterocycles. The molecule has 0 fully saturated rings. The zero-order valence-electron chi connectivity index (χ0n) is 9.01. The van der Waals surface area contributed by atoms with Gasteiger partial charge in [-0.2, -0.15) is 0 Å². The highest BCUT2D eigenvalue weighted by molar-refractivity contribution is 6.58. The molecule has 0 aliphatic heterocycles. The van der Waals surface area contributed by atoms with Crippen molar-refractivity contribution in [3.63, 3.8) is 0 Å². The van der Waals surface area contributed by atoms with Crippen LogP contribution in [0.15, 0.2) is 24.3 Å². The molecule has 13 heavy (non-hydrogen) atoms. The van der Waals surface area contributed by atoms with Gasteiger partial charge in [-0.1, -0.05) is 59.5 Å². The molecule has 0 aliphatic carbocycles. The average Bonchev–Trinajstić information content (AvgIpc) is 2.17. The van der Waals surface area contributed by atoms with Crippen molar-refractivity contribution >= 4 is 14.1 Å². The van der Waals surface area contributed by atoms with Gasteiger partial charge in [0.15, 0.2) is 0 Å². The Kier molecular flexibility index (Phi) is 4.56. The third kappa shape index (κ3) is 3.18. The minimum atomic E-state index is -0.447. The van der Waals surface area contributed by atoms with Gasteiger partial charge in [0.25, 0.3) is 14.1 Å². The monoisotopic (exact) mass is 190 g/mol. The van der Waals surface area contributed by atoms with Gasteiger partial charge in [0.2, 0.25) is 0 Å². The van der Waals surface area contributed by atoms with Gasteiger partial charge in [0.05, 0.1) is 0 Å². The van der Waals surface area contributed by atoms with Gasteiger partial charge >= 0.3 is 0 Å². The van der Waals surface area contributed by atoms with Gasteiger partial charge in [0.1, 0.15) is 0 Å². The lowest BCUT2D eigenvalue weighted by molar-refractivity contribution is 1.19. The fourth-order valence-electron chi connectivity index (χ4n) is 1.73. The molecule has 0 spiro atoms. The summed E-state index contributed by atoms with van der Waals surface area (Å²) >= 11 is -0.447. The molecule has 0 unspecified atom stereocenters. The molecule has 1 aromatic carbocycles. The Bertz CT molecular complexity index is 251. The summed E-state index contributed by atoms with van der Waals surface area (Å²) in [4.78, 5) is 0. The van der Waals surface area contributed by atoms with Crippen molar-refractivity contribution in [2.75, 3.05) is 0 Å². The van der Waals surface area contributed by atoms with Crippen molar-refractivity contribution in [1.82, 2.24) is 0 Å². The van der Waals surface area contributed by atoms with Crippen LogP contribution in [-0.4, -0.2) is 14.1 Å². The van der Waals surface area contributed by atoms with Gasteiger partial charge in [-0.05, 0) is 12.5 Å². The van der Waals surface area contributed by atoms with Gasteiger partial charge in [-0.15, -0.1) is 0 Å². The summed E-state index contributed by atoms with van der Waals surface area (Å²) in [6.07, 6.45) is 0. The third-order valence-corrected chi connectivity index (χ3v) is 6.25. The number of hydrogen-bond acceptors (Lipinski definition) is 0. The van der Waals surface area contributed by atoms with E-state index in [4.69, 9.17) is 0 Å². The summed E-state index contributed by atoms with van der Waals surface area (Å²) in [6, 6.07) is 8.82. The second-order valence-electron chi connectivity index (χ2n) is 3.81. The lowest BCUT2D eigenvalue weighted by atomic mass is 10.1. The number of rotatable bonds is 4. The Hall–Kier alpha value is -0.248. The zero-order valence-corrected chi connectivity index (χ0v) is 10.2. The standard InChI is InChI=1S/C8H9.2C2H5.Al/c1-7-5-3-4-6-8(7)2;2*1-2;/h3-6H,1H2,2H3;2*1H2,2H3;. The summed E-state index contributed by atoms with van der Waals surface area (Å²) in [6.45, 7) is 6.92. The molecule has 0 N–H and O–H groups in total. The molecular weight excluding hydrogens is 171 g/mol. The molecular formula is C12H19Al. The number of benzene rings is 1. The van der Waals surface area contributed by atoms with Crippen LogP contribution < -0.4 is 0 Å². The predicted molar refractivity (Wildman–Crippen MR) is 61.6 cm³/mol. The van der Waals surface area contributed by atoms with Gasteiger partial charge in [0, 0.05) is 0 Å². The summed E-state index contributed by atoms with van der Waals surface area (Å²) < 4.78 is 0. The summed E-state index contributed by atoms with van der Waals surface area (Å²) in [5.41, 5.74) is 3.06. The van der Waals surface area contributed by atoms with Crippen LogP contribution in [0, 0.1) is 6.92 Å². The molecule has 70 valence electrons. The van der Waals surface area contributed by atoms with E-state index in [1.54, 1.807) is 5.56 Å². The van der Waals surface area contributed by atoms with E-state index < -0.39 is 14.1 Å². The Labute approximate surface area is 86.4 Å². The van der Waals surface area contributed by atoms with Crippen LogP contribution in [0.2, 0.25) is 10.6 Å². The van der Waals surface area contributed by atoms with Crippen LogP contribution >= 0.6 is 0 Å². The average molecular weight is 190 g/mol. The van der Waals surface area contributed by atoms with E-state index in [1.807, 2.05) is 0 Å². The van der Waals surface area contributed by atoms with E-state index in [0.29, 0.717) is 0 Å². The molecule has 0 radical (unpaired) electrons. The van der Waals surface area contributed by atoms with E-state index in [1.165, 1.54) is 21.4 Å². The molecule has 0 saturated heterocycles. The van der Waals surface area contributed by atoms with Crippen LogP contribution in [0.4, 0.5) is 0 Å². The smallest absolute Gasteiger partial charge is 0.0965 e. The predicted octanol–water partition coefficient (Wildman–Crippen LogP) is 3.61. The first-order valence-electron chi connectivity index (χ1n) is 5.32. The summed E-state index contributed by atoms with van der Waals surface area (Å²) in [5, 5.41) is 4.26. The normalized spacial score (nSPS) is 10.1. The molecule has 1 rings (SSSR count). The largest absolute Gasteiger partial charge is 0.266 e. The maximum absolute atomic E-state index is 2.35. The number of aryl methyl sites for hydroxylation is 1. The fraction of sp³-hybridized carbons (Fsp3) is 0.500. The van der Waals surface area contributed by atoms with E-state index in [2.05, 4.69) is 45.0 Å². The minimum absolute atomic E-state index is 0.447. The molecule has 0 bridgehead atoms. The molecule has 1 heteroatoms. The van der Waals surface area contributed by atoms with Crippen molar-refractivity contribution in [2.24, 2.45) is 0 Å². The van der Waals surface area contributed by atoms with E-state index in [-0.39, 0.29) is 0 Å². The maximum Gasteiger partial charge on any atom is 0.266 e. The van der Waals surface area contributed by atoms with Crippen LogP contribution in [0.25, 0.3) is 0 Å². The highest BCUT2D eigenvalue weighted by Crippen LogP contribution is 2.12.